The first-order valence-corrected chi connectivity index (χ1v) is 5.92. The van der Waals surface area contributed by atoms with Crippen LogP contribution < -0.4 is 4.74 Å². The molecule has 1 aromatic heterocycles. The molecule has 1 heterocycles. The van der Waals surface area contributed by atoms with E-state index in [1.54, 1.807) is 11.3 Å². The number of esters is 1. The van der Waals surface area contributed by atoms with E-state index in [2.05, 4.69) is 0 Å². The van der Waals surface area contributed by atoms with Crippen LogP contribution in [0, 0.1) is 6.92 Å². The van der Waals surface area contributed by atoms with Gasteiger partial charge in [-0.2, -0.15) is 0 Å². The monoisotopic (exact) mass is 232 g/mol. The first-order valence-electron chi connectivity index (χ1n) is 5.04. The molecule has 0 unspecified atom stereocenters. The second-order valence-electron chi connectivity index (χ2n) is 3.54. The van der Waals surface area contributed by atoms with Gasteiger partial charge in [0.1, 0.15) is 5.75 Å². The highest BCUT2D eigenvalue weighted by Gasteiger charge is 2.06. The van der Waals surface area contributed by atoms with Gasteiger partial charge in [-0.1, -0.05) is 23.8 Å². The Morgan fingerprint density at radius 2 is 2.00 bits per heavy atom. The number of thiophene rings is 1. The van der Waals surface area contributed by atoms with E-state index < -0.39 is 0 Å². The Balaban J connectivity index is 1.95. The zero-order chi connectivity index (χ0) is 11.4. The van der Waals surface area contributed by atoms with Gasteiger partial charge < -0.3 is 4.74 Å². The lowest BCUT2D eigenvalue weighted by Crippen LogP contribution is -2.10. The Hall–Kier alpha value is -1.61. The molecule has 0 aliphatic heterocycles. The highest BCUT2D eigenvalue weighted by atomic mass is 32.1. The van der Waals surface area contributed by atoms with Crippen LogP contribution in [0.3, 0.4) is 0 Å². The predicted octanol–water partition coefficient (Wildman–Crippen LogP) is 3.20. The number of carbonyl (C=O) groups excluding carboxylic acids is 1. The SMILES string of the molecule is Cc1ccc(OC(=O)Cc2cccs2)cc1. The van der Waals surface area contributed by atoms with Crippen molar-refractivity contribution < 1.29 is 9.53 Å². The van der Waals surface area contributed by atoms with Crippen molar-refractivity contribution in [3.8, 4) is 5.75 Å². The van der Waals surface area contributed by atoms with Crippen LogP contribution in [0.25, 0.3) is 0 Å². The third-order valence-corrected chi connectivity index (χ3v) is 3.03. The number of ether oxygens (including phenoxy) is 1. The van der Waals surface area contributed by atoms with Crippen molar-refractivity contribution in [2.45, 2.75) is 13.3 Å². The van der Waals surface area contributed by atoms with Crippen LogP contribution in [0.5, 0.6) is 5.75 Å². The van der Waals surface area contributed by atoms with Gasteiger partial charge in [-0.25, -0.2) is 0 Å². The highest BCUT2D eigenvalue weighted by molar-refractivity contribution is 7.10. The Morgan fingerprint density at radius 3 is 2.62 bits per heavy atom. The van der Waals surface area contributed by atoms with Crippen LogP contribution >= 0.6 is 11.3 Å². The van der Waals surface area contributed by atoms with E-state index in [1.165, 1.54) is 0 Å². The number of benzene rings is 1. The molecule has 0 N–H and O–H groups in total. The average molecular weight is 232 g/mol. The molecule has 0 amide bonds. The first-order chi connectivity index (χ1) is 7.74. The smallest absolute Gasteiger partial charge is 0.316 e. The summed E-state index contributed by atoms with van der Waals surface area (Å²) < 4.78 is 5.21. The molecule has 0 saturated carbocycles. The standard InChI is InChI=1S/C13H12O2S/c1-10-4-6-11(7-5-10)15-13(14)9-12-3-2-8-16-12/h2-8H,9H2,1H3. The predicted molar refractivity (Wildman–Crippen MR) is 64.8 cm³/mol. The van der Waals surface area contributed by atoms with Crippen molar-refractivity contribution in [3.63, 3.8) is 0 Å². The minimum absolute atomic E-state index is 0.216. The molecule has 0 fully saturated rings. The largest absolute Gasteiger partial charge is 0.426 e. The molecule has 0 aliphatic rings. The fourth-order valence-corrected chi connectivity index (χ4v) is 2.02. The van der Waals surface area contributed by atoms with Crippen molar-refractivity contribution in [3.05, 3.63) is 52.2 Å². The summed E-state index contributed by atoms with van der Waals surface area (Å²) in [5.74, 6) is 0.387. The topological polar surface area (TPSA) is 26.3 Å². The quantitative estimate of drug-likeness (QED) is 0.600. The Kier molecular flexibility index (Phi) is 3.37. The maximum Gasteiger partial charge on any atom is 0.316 e. The summed E-state index contributed by atoms with van der Waals surface area (Å²) in [6, 6.07) is 11.3. The van der Waals surface area contributed by atoms with Crippen LogP contribution in [0.2, 0.25) is 0 Å². The number of aryl methyl sites for hydroxylation is 1. The van der Waals surface area contributed by atoms with Gasteiger partial charge in [-0.05, 0) is 30.5 Å². The Bertz CT molecular complexity index is 457. The third kappa shape index (κ3) is 2.94. The zero-order valence-electron chi connectivity index (χ0n) is 8.97. The van der Waals surface area contributed by atoms with E-state index in [0.717, 1.165) is 10.4 Å². The van der Waals surface area contributed by atoms with Gasteiger partial charge in [0, 0.05) is 4.88 Å². The first kappa shape index (κ1) is 10.9. The summed E-state index contributed by atoms with van der Waals surface area (Å²) in [7, 11) is 0. The maximum atomic E-state index is 11.5. The van der Waals surface area contributed by atoms with Gasteiger partial charge in [-0.15, -0.1) is 11.3 Å². The van der Waals surface area contributed by atoms with Gasteiger partial charge in [0.15, 0.2) is 0 Å². The van der Waals surface area contributed by atoms with E-state index in [-0.39, 0.29) is 5.97 Å². The molecule has 2 nitrogen and oxygen atoms in total. The Labute approximate surface area is 98.5 Å². The summed E-state index contributed by atoms with van der Waals surface area (Å²) in [5, 5.41) is 1.95. The van der Waals surface area contributed by atoms with E-state index in [1.807, 2.05) is 48.7 Å². The summed E-state index contributed by atoms with van der Waals surface area (Å²) in [4.78, 5) is 12.6. The second-order valence-corrected chi connectivity index (χ2v) is 4.58. The fraction of sp³-hybridized carbons (Fsp3) is 0.154. The lowest BCUT2D eigenvalue weighted by molar-refractivity contribution is -0.133. The summed E-state index contributed by atoms with van der Waals surface area (Å²) >= 11 is 1.56. The molecule has 1 aromatic carbocycles. The van der Waals surface area contributed by atoms with Crippen LogP contribution in [0.15, 0.2) is 41.8 Å². The van der Waals surface area contributed by atoms with Gasteiger partial charge in [-0.3, -0.25) is 4.79 Å². The maximum absolute atomic E-state index is 11.5. The molecule has 0 spiro atoms. The Morgan fingerprint density at radius 1 is 1.25 bits per heavy atom. The second kappa shape index (κ2) is 4.94. The molecule has 16 heavy (non-hydrogen) atoms. The molecule has 2 aromatic rings. The molecule has 82 valence electrons. The van der Waals surface area contributed by atoms with E-state index in [9.17, 15) is 4.79 Å². The van der Waals surface area contributed by atoms with Crippen LogP contribution in [-0.2, 0) is 11.2 Å². The molecule has 2 rings (SSSR count). The molecular formula is C13H12O2S. The molecule has 0 radical (unpaired) electrons. The van der Waals surface area contributed by atoms with Crippen LogP contribution in [0.4, 0.5) is 0 Å². The van der Waals surface area contributed by atoms with E-state index >= 15 is 0 Å². The lowest BCUT2D eigenvalue weighted by Gasteiger charge is -2.03. The van der Waals surface area contributed by atoms with Crippen molar-refractivity contribution >= 4 is 17.3 Å². The van der Waals surface area contributed by atoms with Crippen molar-refractivity contribution in [2.75, 3.05) is 0 Å². The van der Waals surface area contributed by atoms with Crippen molar-refractivity contribution in [1.29, 1.82) is 0 Å². The van der Waals surface area contributed by atoms with Gasteiger partial charge in [0.05, 0.1) is 6.42 Å². The number of carbonyl (C=O) groups is 1. The molecule has 0 saturated heterocycles. The average Bonchev–Trinajstić information content (AvgIpc) is 2.74. The summed E-state index contributed by atoms with van der Waals surface area (Å²) in [5.41, 5.74) is 1.15. The third-order valence-electron chi connectivity index (χ3n) is 2.15. The minimum Gasteiger partial charge on any atom is -0.426 e. The normalized spacial score (nSPS) is 10.1. The summed E-state index contributed by atoms with van der Waals surface area (Å²) in [6.07, 6.45) is 0.339. The number of hydrogen-bond donors (Lipinski definition) is 0. The molecule has 0 aliphatic carbocycles. The highest BCUT2D eigenvalue weighted by Crippen LogP contribution is 2.14. The molecular weight excluding hydrogens is 220 g/mol. The zero-order valence-corrected chi connectivity index (χ0v) is 9.79. The van der Waals surface area contributed by atoms with E-state index in [4.69, 9.17) is 4.74 Å². The molecule has 0 bridgehead atoms. The van der Waals surface area contributed by atoms with Gasteiger partial charge >= 0.3 is 5.97 Å². The fourth-order valence-electron chi connectivity index (χ4n) is 1.33. The lowest BCUT2D eigenvalue weighted by atomic mass is 10.2. The van der Waals surface area contributed by atoms with Gasteiger partial charge in [0.25, 0.3) is 0 Å². The molecule has 3 heteroatoms. The number of rotatable bonds is 3. The molecule has 0 atom stereocenters. The van der Waals surface area contributed by atoms with Crippen LogP contribution in [-0.4, -0.2) is 5.97 Å². The van der Waals surface area contributed by atoms with E-state index in [0.29, 0.717) is 12.2 Å². The van der Waals surface area contributed by atoms with Crippen LogP contribution in [0.1, 0.15) is 10.4 Å². The summed E-state index contributed by atoms with van der Waals surface area (Å²) in [6.45, 7) is 2.00. The van der Waals surface area contributed by atoms with Crippen molar-refractivity contribution in [2.24, 2.45) is 0 Å². The van der Waals surface area contributed by atoms with Gasteiger partial charge in [0.2, 0.25) is 0 Å². The minimum atomic E-state index is -0.216. The number of hydrogen-bond acceptors (Lipinski definition) is 3. The van der Waals surface area contributed by atoms with Crippen molar-refractivity contribution in [1.82, 2.24) is 0 Å².